The first-order valence-corrected chi connectivity index (χ1v) is 9.66. The van der Waals surface area contributed by atoms with E-state index in [0.717, 1.165) is 23.1 Å². The number of benzene rings is 2. The SMILES string of the molecule is CC.CCC(C)/C(C)=C\C=C(/CF)c1ccc(-c2ccc(C)cc2)cc1. The average Bonchev–Trinajstić information content (AvgIpc) is 2.70. The Labute approximate surface area is 159 Å². The summed E-state index contributed by atoms with van der Waals surface area (Å²) in [6.45, 7) is 12.1. The summed E-state index contributed by atoms with van der Waals surface area (Å²) < 4.78 is 13.4. The first kappa shape index (κ1) is 21.9. The van der Waals surface area contributed by atoms with Gasteiger partial charge in [0.05, 0.1) is 0 Å². The van der Waals surface area contributed by atoms with Crippen LogP contribution in [0.3, 0.4) is 0 Å². The summed E-state index contributed by atoms with van der Waals surface area (Å²) >= 11 is 0. The Morgan fingerprint density at radius 2 is 1.42 bits per heavy atom. The van der Waals surface area contributed by atoms with Gasteiger partial charge >= 0.3 is 0 Å². The molecule has 0 nitrogen and oxygen atoms in total. The highest BCUT2D eigenvalue weighted by atomic mass is 19.1. The Hall–Kier alpha value is -2.15. The summed E-state index contributed by atoms with van der Waals surface area (Å²) in [7, 11) is 0. The number of hydrogen-bond donors (Lipinski definition) is 0. The predicted molar refractivity (Wildman–Crippen MR) is 115 cm³/mol. The highest BCUT2D eigenvalue weighted by Crippen LogP contribution is 2.24. The molecule has 0 saturated carbocycles. The lowest BCUT2D eigenvalue weighted by Crippen LogP contribution is -1.93. The quantitative estimate of drug-likeness (QED) is 0.461. The van der Waals surface area contributed by atoms with Crippen molar-refractivity contribution in [3.8, 4) is 11.1 Å². The monoisotopic (exact) mass is 352 g/mol. The predicted octanol–water partition coefficient (Wildman–Crippen LogP) is 8.03. The number of allylic oxidation sites excluding steroid dienone is 4. The van der Waals surface area contributed by atoms with Crippen LogP contribution >= 0.6 is 0 Å². The maximum absolute atomic E-state index is 13.4. The Kier molecular flexibility index (Phi) is 9.65. The summed E-state index contributed by atoms with van der Waals surface area (Å²) in [6, 6.07) is 16.6. The van der Waals surface area contributed by atoms with Gasteiger partial charge in [0.2, 0.25) is 0 Å². The summed E-state index contributed by atoms with van der Waals surface area (Å²) in [5.74, 6) is 0.533. The second-order valence-corrected chi connectivity index (χ2v) is 6.49. The molecule has 0 saturated heterocycles. The van der Waals surface area contributed by atoms with E-state index in [1.165, 1.54) is 16.7 Å². The molecule has 1 unspecified atom stereocenters. The van der Waals surface area contributed by atoms with Crippen molar-refractivity contribution in [1.82, 2.24) is 0 Å². The standard InChI is InChI=1S/C23H27F.C2H6/c1-5-18(3)19(4)8-11-23(16-24)22-14-12-21(13-15-22)20-9-6-17(2)7-10-20;1-2/h6-15,18H,5,16H2,1-4H3;1-2H3/b19-8-,23-11+;. The molecule has 2 aromatic carbocycles. The zero-order chi connectivity index (χ0) is 19.5. The summed E-state index contributed by atoms with van der Waals surface area (Å²) in [4.78, 5) is 0. The van der Waals surface area contributed by atoms with Crippen molar-refractivity contribution in [3.63, 3.8) is 0 Å². The molecule has 1 atom stereocenters. The molecular weight excluding hydrogens is 319 g/mol. The van der Waals surface area contributed by atoms with Crippen LogP contribution in [-0.4, -0.2) is 6.67 Å². The van der Waals surface area contributed by atoms with Crippen molar-refractivity contribution in [1.29, 1.82) is 0 Å². The number of alkyl halides is 1. The van der Waals surface area contributed by atoms with Gasteiger partial charge in [-0.25, -0.2) is 4.39 Å². The van der Waals surface area contributed by atoms with E-state index in [9.17, 15) is 4.39 Å². The zero-order valence-corrected chi connectivity index (χ0v) is 17.1. The van der Waals surface area contributed by atoms with Crippen LogP contribution in [0.5, 0.6) is 0 Å². The third-order valence-electron chi connectivity index (χ3n) is 4.72. The smallest absolute Gasteiger partial charge is 0.115 e. The van der Waals surface area contributed by atoms with E-state index in [-0.39, 0.29) is 0 Å². The van der Waals surface area contributed by atoms with Gasteiger partial charge < -0.3 is 0 Å². The normalized spacial score (nSPS) is 13.0. The van der Waals surface area contributed by atoms with E-state index >= 15 is 0 Å². The van der Waals surface area contributed by atoms with Crippen LogP contribution in [-0.2, 0) is 0 Å². The van der Waals surface area contributed by atoms with Crippen LogP contribution in [0.1, 0.15) is 52.2 Å². The molecule has 0 aliphatic rings. The first-order chi connectivity index (χ1) is 12.5. The lowest BCUT2D eigenvalue weighted by molar-refractivity contribution is 0.571. The lowest BCUT2D eigenvalue weighted by Gasteiger charge is -2.09. The van der Waals surface area contributed by atoms with Crippen molar-refractivity contribution in [2.75, 3.05) is 6.67 Å². The molecule has 0 radical (unpaired) electrons. The van der Waals surface area contributed by atoms with Gasteiger partial charge in [0.15, 0.2) is 0 Å². The van der Waals surface area contributed by atoms with Crippen molar-refractivity contribution in [3.05, 3.63) is 77.4 Å². The highest BCUT2D eigenvalue weighted by Gasteiger charge is 2.04. The molecule has 0 N–H and O–H groups in total. The highest BCUT2D eigenvalue weighted by molar-refractivity contribution is 5.72. The number of halogens is 1. The maximum atomic E-state index is 13.4. The van der Waals surface area contributed by atoms with Gasteiger partial charge in [0, 0.05) is 0 Å². The molecule has 0 amide bonds. The van der Waals surface area contributed by atoms with Gasteiger partial charge in [0.25, 0.3) is 0 Å². The first-order valence-electron chi connectivity index (χ1n) is 9.66. The number of hydrogen-bond acceptors (Lipinski definition) is 0. The van der Waals surface area contributed by atoms with Crippen LogP contribution in [0.15, 0.2) is 66.3 Å². The van der Waals surface area contributed by atoms with Crippen molar-refractivity contribution >= 4 is 5.57 Å². The van der Waals surface area contributed by atoms with Gasteiger partial charge in [-0.05, 0) is 48.4 Å². The molecule has 0 aromatic heterocycles. The molecular formula is C25H33F. The molecule has 0 fully saturated rings. The van der Waals surface area contributed by atoms with E-state index in [1.807, 2.05) is 32.1 Å². The van der Waals surface area contributed by atoms with Crippen LogP contribution in [0.25, 0.3) is 16.7 Å². The molecule has 0 bridgehead atoms. The molecule has 2 rings (SSSR count). The fourth-order valence-electron chi connectivity index (χ4n) is 2.56. The molecule has 0 aliphatic heterocycles. The van der Waals surface area contributed by atoms with Crippen molar-refractivity contribution < 1.29 is 4.39 Å². The second-order valence-electron chi connectivity index (χ2n) is 6.49. The number of rotatable bonds is 6. The van der Waals surface area contributed by atoms with Gasteiger partial charge in [-0.15, -0.1) is 0 Å². The minimum atomic E-state index is -0.450. The van der Waals surface area contributed by atoms with Crippen LogP contribution in [0, 0.1) is 12.8 Å². The van der Waals surface area contributed by atoms with Crippen LogP contribution in [0.2, 0.25) is 0 Å². The molecule has 0 aliphatic carbocycles. The Balaban J connectivity index is 0.00000163. The van der Waals surface area contributed by atoms with E-state index < -0.39 is 6.67 Å². The summed E-state index contributed by atoms with van der Waals surface area (Å²) in [5.41, 5.74) is 6.56. The molecule has 26 heavy (non-hydrogen) atoms. The van der Waals surface area contributed by atoms with E-state index in [1.54, 1.807) is 0 Å². The van der Waals surface area contributed by atoms with E-state index in [2.05, 4.69) is 70.2 Å². The minimum absolute atomic E-state index is 0.450. The van der Waals surface area contributed by atoms with Crippen LogP contribution in [0.4, 0.5) is 4.39 Å². The van der Waals surface area contributed by atoms with E-state index in [4.69, 9.17) is 0 Å². The molecule has 1 heteroatoms. The third kappa shape index (κ3) is 6.29. The summed E-state index contributed by atoms with van der Waals surface area (Å²) in [6.07, 6.45) is 5.08. The van der Waals surface area contributed by atoms with Gasteiger partial charge in [0.1, 0.15) is 6.67 Å². The largest absolute Gasteiger partial charge is 0.246 e. The lowest BCUT2D eigenvalue weighted by atomic mass is 9.97. The summed E-state index contributed by atoms with van der Waals surface area (Å²) in [5, 5.41) is 0. The zero-order valence-electron chi connectivity index (χ0n) is 17.1. The van der Waals surface area contributed by atoms with E-state index in [0.29, 0.717) is 5.92 Å². The maximum Gasteiger partial charge on any atom is 0.115 e. The molecule has 0 heterocycles. The molecule has 0 spiro atoms. The van der Waals surface area contributed by atoms with Crippen LogP contribution < -0.4 is 0 Å². The average molecular weight is 353 g/mol. The van der Waals surface area contributed by atoms with Gasteiger partial charge in [-0.1, -0.05) is 99.5 Å². The molecule has 2 aromatic rings. The Bertz CT molecular complexity index is 703. The molecule has 140 valence electrons. The fraction of sp³-hybridized carbons (Fsp3) is 0.360. The fourth-order valence-corrected chi connectivity index (χ4v) is 2.56. The van der Waals surface area contributed by atoms with Gasteiger partial charge in [-0.2, -0.15) is 0 Å². The Morgan fingerprint density at radius 1 is 0.923 bits per heavy atom. The Morgan fingerprint density at radius 3 is 1.88 bits per heavy atom. The van der Waals surface area contributed by atoms with Gasteiger partial charge in [-0.3, -0.25) is 0 Å². The van der Waals surface area contributed by atoms with Crippen molar-refractivity contribution in [2.45, 2.75) is 48.0 Å². The minimum Gasteiger partial charge on any atom is -0.246 e. The topological polar surface area (TPSA) is 0 Å². The third-order valence-corrected chi connectivity index (χ3v) is 4.72. The van der Waals surface area contributed by atoms with Crippen molar-refractivity contribution in [2.24, 2.45) is 5.92 Å². The number of aryl methyl sites for hydroxylation is 1. The second kappa shape index (κ2) is 11.5.